The van der Waals surface area contributed by atoms with Crippen molar-refractivity contribution < 1.29 is 19.4 Å². The van der Waals surface area contributed by atoms with E-state index in [0.29, 0.717) is 23.5 Å². The Labute approximate surface area is 126 Å². The van der Waals surface area contributed by atoms with E-state index in [9.17, 15) is 9.90 Å². The Balaban J connectivity index is 2.16. The van der Waals surface area contributed by atoms with E-state index in [1.807, 2.05) is 27.7 Å². The van der Waals surface area contributed by atoms with Crippen LogP contribution >= 0.6 is 0 Å². The van der Waals surface area contributed by atoms with Crippen molar-refractivity contribution in [3.05, 3.63) is 23.8 Å². The quantitative estimate of drug-likeness (QED) is 0.925. The number of Topliss-reactive ketones (excluding diaryl/α,β-unsaturated/α-hetero) is 1. The van der Waals surface area contributed by atoms with Gasteiger partial charge in [-0.25, -0.2) is 0 Å². The van der Waals surface area contributed by atoms with E-state index in [0.717, 1.165) is 0 Å². The highest BCUT2D eigenvalue weighted by molar-refractivity contribution is 6.00. The molecule has 2 rings (SSSR count). The summed E-state index contributed by atoms with van der Waals surface area (Å²) in [6.07, 6.45) is 0.377. The fourth-order valence-electron chi connectivity index (χ4n) is 2.12. The summed E-state index contributed by atoms with van der Waals surface area (Å²) in [7, 11) is 0. The van der Waals surface area contributed by atoms with Crippen molar-refractivity contribution in [1.29, 1.82) is 0 Å². The largest absolute Gasteiger partial charge is 0.490 e. The van der Waals surface area contributed by atoms with Crippen LogP contribution in [0, 0.1) is 5.92 Å². The lowest BCUT2D eigenvalue weighted by Gasteiger charge is -2.32. The third-order valence-electron chi connectivity index (χ3n) is 4.00. The van der Waals surface area contributed by atoms with Crippen LogP contribution in [-0.4, -0.2) is 28.7 Å². The van der Waals surface area contributed by atoms with E-state index in [1.54, 1.807) is 25.1 Å². The molecular weight excluding hydrogens is 268 g/mol. The summed E-state index contributed by atoms with van der Waals surface area (Å²) in [6.45, 7) is 9.62. The molecule has 0 radical (unpaired) electrons. The molecule has 0 fully saturated rings. The van der Waals surface area contributed by atoms with Crippen molar-refractivity contribution in [2.45, 2.75) is 52.2 Å². The zero-order chi connectivity index (χ0) is 15.8. The van der Waals surface area contributed by atoms with Gasteiger partial charge in [0.25, 0.3) is 0 Å². The second-order valence-electron chi connectivity index (χ2n) is 6.92. The first-order chi connectivity index (χ1) is 9.61. The first-order valence-electron chi connectivity index (χ1n) is 7.32. The predicted octanol–water partition coefficient (Wildman–Crippen LogP) is 3.22. The van der Waals surface area contributed by atoms with Crippen LogP contribution in [-0.2, 0) is 0 Å². The van der Waals surface area contributed by atoms with Crippen molar-refractivity contribution in [3.8, 4) is 11.5 Å². The highest BCUT2D eigenvalue weighted by Crippen LogP contribution is 2.35. The highest BCUT2D eigenvalue weighted by atomic mass is 16.5. The van der Waals surface area contributed by atoms with Crippen molar-refractivity contribution in [2.24, 2.45) is 5.92 Å². The number of ketones is 1. The Hall–Kier alpha value is -1.55. The average molecular weight is 292 g/mol. The van der Waals surface area contributed by atoms with Gasteiger partial charge in [0.1, 0.15) is 23.7 Å². The van der Waals surface area contributed by atoms with Crippen LogP contribution in [0.5, 0.6) is 11.5 Å². The predicted molar refractivity (Wildman–Crippen MR) is 81.1 cm³/mol. The number of aliphatic hydroxyl groups is 1. The Morgan fingerprint density at radius 1 is 1.43 bits per heavy atom. The molecule has 1 aromatic carbocycles. The molecule has 0 saturated heterocycles. The molecule has 0 bridgehead atoms. The molecule has 1 aliphatic heterocycles. The summed E-state index contributed by atoms with van der Waals surface area (Å²) in [4.78, 5) is 12.1. The summed E-state index contributed by atoms with van der Waals surface area (Å²) in [6, 6.07) is 5.20. The van der Waals surface area contributed by atoms with Gasteiger partial charge in [-0.1, -0.05) is 13.8 Å². The lowest BCUT2D eigenvalue weighted by molar-refractivity contribution is -0.0268. The van der Waals surface area contributed by atoms with E-state index in [2.05, 4.69) is 0 Å². The van der Waals surface area contributed by atoms with Gasteiger partial charge in [-0.15, -0.1) is 0 Å². The molecule has 4 heteroatoms. The van der Waals surface area contributed by atoms with Crippen LogP contribution in [0.3, 0.4) is 0 Å². The molecule has 116 valence electrons. The van der Waals surface area contributed by atoms with Crippen LogP contribution in [0.2, 0.25) is 0 Å². The minimum absolute atomic E-state index is 0.0852. The summed E-state index contributed by atoms with van der Waals surface area (Å²) in [5, 5.41) is 10.2. The Morgan fingerprint density at radius 3 is 2.71 bits per heavy atom. The lowest BCUT2D eigenvalue weighted by atomic mass is 9.93. The Bertz CT molecular complexity index is 544. The van der Waals surface area contributed by atoms with Crippen molar-refractivity contribution in [1.82, 2.24) is 0 Å². The maximum absolute atomic E-state index is 12.1. The molecule has 0 amide bonds. The minimum Gasteiger partial charge on any atom is -0.490 e. The number of hydrogen-bond donors (Lipinski definition) is 1. The highest BCUT2D eigenvalue weighted by Gasteiger charge is 2.33. The summed E-state index contributed by atoms with van der Waals surface area (Å²) in [5.74, 6) is 1.33. The fourth-order valence-corrected chi connectivity index (χ4v) is 2.12. The van der Waals surface area contributed by atoms with Crippen LogP contribution < -0.4 is 9.47 Å². The Kier molecular flexibility index (Phi) is 4.02. The topological polar surface area (TPSA) is 55.8 Å². The van der Waals surface area contributed by atoms with E-state index >= 15 is 0 Å². The number of benzene rings is 1. The van der Waals surface area contributed by atoms with Crippen molar-refractivity contribution >= 4 is 5.78 Å². The van der Waals surface area contributed by atoms with E-state index < -0.39 is 11.2 Å². The lowest BCUT2D eigenvalue weighted by Crippen LogP contribution is -2.38. The number of fused-ring (bicyclic) bond motifs is 1. The molecule has 1 heterocycles. The molecule has 1 N–H and O–H groups in total. The molecule has 1 atom stereocenters. The maximum atomic E-state index is 12.1. The number of carbonyl (C=O) groups is 1. The smallest absolute Gasteiger partial charge is 0.170 e. The van der Waals surface area contributed by atoms with Gasteiger partial charge in [0.2, 0.25) is 0 Å². The maximum Gasteiger partial charge on any atom is 0.170 e. The molecule has 1 aromatic rings. The van der Waals surface area contributed by atoms with Crippen LogP contribution in [0.4, 0.5) is 0 Å². The standard InChI is InChI=1S/C17H24O4/c1-11(2)17(5,19)10-20-12-6-7-13-14(18)9-16(3,4)21-15(13)8-12/h6-8,11,19H,9-10H2,1-5H3. The molecule has 0 spiro atoms. The monoisotopic (exact) mass is 292 g/mol. The van der Waals surface area contributed by atoms with Gasteiger partial charge in [-0.2, -0.15) is 0 Å². The minimum atomic E-state index is -0.897. The summed E-state index contributed by atoms with van der Waals surface area (Å²) >= 11 is 0. The van der Waals surface area contributed by atoms with Gasteiger partial charge in [0.05, 0.1) is 17.6 Å². The third kappa shape index (κ3) is 3.56. The zero-order valence-corrected chi connectivity index (χ0v) is 13.4. The van der Waals surface area contributed by atoms with Gasteiger partial charge in [-0.3, -0.25) is 4.79 Å². The molecule has 0 aliphatic carbocycles. The molecule has 0 aromatic heterocycles. The summed E-state index contributed by atoms with van der Waals surface area (Å²) in [5.41, 5.74) is -0.796. The average Bonchev–Trinajstić information content (AvgIpc) is 2.34. The number of rotatable bonds is 4. The van der Waals surface area contributed by atoms with Crippen molar-refractivity contribution in [3.63, 3.8) is 0 Å². The third-order valence-corrected chi connectivity index (χ3v) is 4.00. The fraction of sp³-hybridized carbons (Fsp3) is 0.588. The van der Waals surface area contributed by atoms with E-state index in [-0.39, 0.29) is 18.3 Å². The first kappa shape index (κ1) is 15.8. The second-order valence-corrected chi connectivity index (χ2v) is 6.92. The number of hydrogen-bond acceptors (Lipinski definition) is 4. The van der Waals surface area contributed by atoms with Crippen LogP contribution in [0.15, 0.2) is 18.2 Å². The van der Waals surface area contributed by atoms with E-state index in [4.69, 9.17) is 9.47 Å². The van der Waals surface area contributed by atoms with Gasteiger partial charge in [-0.05, 0) is 38.8 Å². The van der Waals surface area contributed by atoms with Crippen molar-refractivity contribution in [2.75, 3.05) is 6.61 Å². The Morgan fingerprint density at radius 2 is 2.10 bits per heavy atom. The molecule has 4 nitrogen and oxygen atoms in total. The normalized spacial score (nSPS) is 19.7. The molecule has 1 unspecified atom stereocenters. The first-order valence-corrected chi connectivity index (χ1v) is 7.32. The zero-order valence-electron chi connectivity index (χ0n) is 13.4. The summed E-state index contributed by atoms with van der Waals surface area (Å²) < 4.78 is 11.5. The van der Waals surface area contributed by atoms with E-state index in [1.165, 1.54) is 0 Å². The SMILES string of the molecule is CC(C)C(C)(O)COc1ccc2c(c1)OC(C)(C)CC2=O. The van der Waals surface area contributed by atoms with Gasteiger partial charge < -0.3 is 14.6 Å². The molecule has 1 aliphatic rings. The van der Waals surface area contributed by atoms with Gasteiger partial charge in [0.15, 0.2) is 5.78 Å². The molecule has 0 saturated carbocycles. The van der Waals surface area contributed by atoms with Gasteiger partial charge in [0, 0.05) is 6.07 Å². The van der Waals surface area contributed by atoms with Crippen LogP contribution in [0.1, 0.15) is 51.4 Å². The molecular formula is C17H24O4. The number of carbonyl (C=O) groups excluding carboxylic acids is 1. The van der Waals surface area contributed by atoms with Gasteiger partial charge >= 0.3 is 0 Å². The van der Waals surface area contributed by atoms with Crippen LogP contribution in [0.25, 0.3) is 0 Å². The molecule has 21 heavy (non-hydrogen) atoms. The second kappa shape index (κ2) is 5.34. The number of ether oxygens (including phenoxy) is 2.